The zero-order valence-corrected chi connectivity index (χ0v) is 52.4. The Labute approximate surface area is 490 Å². The first-order chi connectivity index (χ1) is 39.1. The maximum Gasteiger partial charge on any atom is 0.348 e. The Hall–Kier alpha value is -4.28. The Kier molecular flexibility index (Phi) is 50.9. The summed E-state index contributed by atoms with van der Waals surface area (Å²) in [4.78, 5) is 112. The Morgan fingerprint density at radius 3 is 1.16 bits per heavy atom. The Morgan fingerprint density at radius 2 is 0.728 bits per heavy atom. The van der Waals surface area contributed by atoms with E-state index in [-0.39, 0.29) is 51.5 Å². The van der Waals surface area contributed by atoms with E-state index in [2.05, 4.69) is 20.8 Å². The molecule has 472 valence electrons. The molecule has 0 aliphatic rings. The lowest BCUT2D eigenvalue weighted by atomic mass is 10.1. The van der Waals surface area contributed by atoms with Crippen LogP contribution in [0, 0.1) is 0 Å². The third-order valence-corrected chi connectivity index (χ3v) is 14.2. The molecular weight excluding hydrogens is 1040 g/mol. The number of ether oxygens (including phenoxy) is 7. The van der Waals surface area contributed by atoms with Crippen molar-refractivity contribution >= 4 is 47.7 Å². The zero-order chi connectivity index (χ0) is 60.1. The van der Waals surface area contributed by atoms with Gasteiger partial charge in [-0.1, -0.05) is 189 Å². The molecule has 0 radical (unpaired) electrons. The van der Waals surface area contributed by atoms with E-state index in [0.717, 1.165) is 129 Å². The number of rotatable bonds is 56. The third-order valence-electron chi connectivity index (χ3n) is 14.2. The topological polar surface area (TPSA) is 208 Å². The Bertz CT molecular complexity index is 1560. The smallest absolute Gasteiger partial charge is 0.348 e. The molecule has 0 saturated heterocycles. The van der Waals surface area contributed by atoms with Gasteiger partial charge in [0.05, 0.1) is 38.5 Å². The molecule has 17 heteroatoms. The summed E-state index contributed by atoms with van der Waals surface area (Å²) in [6.07, 6.45) is 23.9. The van der Waals surface area contributed by atoms with Crippen LogP contribution in [0.15, 0.2) is 0 Å². The summed E-state index contributed by atoms with van der Waals surface area (Å²) in [5, 5.41) is 0. The van der Waals surface area contributed by atoms with Gasteiger partial charge in [-0.3, -0.25) is 28.8 Å². The van der Waals surface area contributed by atoms with Crippen LogP contribution in [0.3, 0.4) is 0 Å². The van der Waals surface area contributed by atoms with Gasteiger partial charge in [0.2, 0.25) is 18.1 Å². The number of unbranched alkanes of at least 4 members (excludes halogenated alkanes) is 23. The lowest BCUT2D eigenvalue weighted by Gasteiger charge is -2.32. The summed E-state index contributed by atoms with van der Waals surface area (Å²) in [6, 6.07) is -1.19. The van der Waals surface area contributed by atoms with E-state index in [9.17, 15) is 38.4 Å². The van der Waals surface area contributed by atoms with E-state index >= 15 is 0 Å². The van der Waals surface area contributed by atoms with E-state index in [1.54, 1.807) is 0 Å². The zero-order valence-electron chi connectivity index (χ0n) is 52.4. The van der Waals surface area contributed by atoms with Crippen molar-refractivity contribution in [3.05, 3.63) is 0 Å². The predicted octanol–water partition coefficient (Wildman–Crippen LogP) is 13.6. The summed E-state index contributed by atoms with van der Waals surface area (Å²) in [6.45, 7) is 12.5. The van der Waals surface area contributed by atoms with Crippen molar-refractivity contribution in [3.8, 4) is 0 Å². The van der Waals surface area contributed by atoms with Gasteiger partial charge in [-0.2, -0.15) is 0 Å². The minimum absolute atomic E-state index is 0.0111. The number of amides is 1. The highest BCUT2D eigenvalue weighted by Gasteiger charge is 2.34. The molecule has 3 atom stereocenters. The Morgan fingerprint density at radius 1 is 0.346 bits per heavy atom. The molecule has 0 saturated carbocycles. The van der Waals surface area contributed by atoms with Gasteiger partial charge in [0.25, 0.3) is 0 Å². The van der Waals surface area contributed by atoms with Gasteiger partial charge in [-0.15, -0.1) is 0 Å². The predicted molar refractivity (Wildman–Crippen MR) is 317 cm³/mol. The van der Waals surface area contributed by atoms with Crippen molar-refractivity contribution in [3.63, 3.8) is 0 Å². The first-order valence-electron chi connectivity index (χ1n) is 32.3. The molecule has 0 fully saturated rings. The number of hydrogen-bond acceptors (Lipinski definition) is 16. The molecule has 81 heavy (non-hydrogen) atoms. The minimum Gasteiger partial charge on any atom is -0.466 e. The van der Waals surface area contributed by atoms with Crippen LogP contribution in [-0.4, -0.2) is 135 Å². The first kappa shape index (κ1) is 76.7. The van der Waals surface area contributed by atoms with Crippen molar-refractivity contribution < 1.29 is 71.5 Å². The van der Waals surface area contributed by atoms with Crippen molar-refractivity contribution in [2.45, 2.75) is 310 Å². The van der Waals surface area contributed by atoms with Crippen molar-refractivity contribution in [1.29, 1.82) is 0 Å². The molecule has 0 rings (SSSR count). The van der Waals surface area contributed by atoms with Crippen molar-refractivity contribution in [1.82, 2.24) is 9.80 Å². The highest BCUT2D eigenvalue weighted by Crippen LogP contribution is 2.19. The fraction of sp³-hybridized carbons (Fsp3) is 0.875. The largest absolute Gasteiger partial charge is 0.466 e. The van der Waals surface area contributed by atoms with E-state index in [1.165, 1.54) is 43.4 Å². The molecular formula is C64H116N2O15. The van der Waals surface area contributed by atoms with Crippen LogP contribution in [-0.2, 0) is 71.5 Å². The van der Waals surface area contributed by atoms with E-state index in [4.69, 9.17) is 33.2 Å². The van der Waals surface area contributed by atoms with Crippen LogP contribution in [0.1, 0.15) is 286 Å². The quantitative estimate of drug-likeness (QED) is 0.0315. The van der Waals surface area contributed by atoms with Crippen molar-refractivity contribution in [2.24, 2.45) is 0 Å². The molecule has 0 spiro atoms. The molecule has 1 amide bonds. The van der Waals surface area contributed by atoms with Gasteiger partial charge in [-0.05, 0) is 78.4 Å². The molecule has 0 aliphatic carbocycles. The van der Waals surface area contributed by atoms with E-state index in [1.807, 2.05) is 39.8 Å². The average molecular weight is 1150 g/mol. The molecule has 0 aromatic rings. The maximum atomic E-state index is 14.5. The molecule has 0 aromatic carbocycles. The molecule has 0 N–H and O–H groups in total. The summed E-state index contributed by atoms with van der Waals surface area (Å²) in [7, 11) is 3.92. The van der Waals surface area contributed by atoms with Crippen LogP contribution in [0.5, 0.6) is 0 Å². The molecule has 3 unspecified atom stereocenters. The molecule has 0 bridgehead atoms. The van der Waals surface area contributed by atoms with Crippen molar-refractivity contribution in [2.75, 3.05) is 53.6 Å². The second-order valence-corrected chi connectivity index (χ2v) is 22.3. The lowest BCUT2D eigenvalue weighted by Crippen LogP contribution is -2.48. The monoisotopic (exact) mass is 1150 g/mol. The van der Waals surface area contributed by atoms with Crippen LogP contribution in [0.25, 0.3) is 0 Å². The van der Waals surface area contributed by atoms with E-state index in [0.29, 0.717) is 44.9 Å². The first-order valence-corrected chi connectivity index (χ1v) is 32.3. The highest BCUT2D eigenvalue weighted by molar-refractivity contribution is 5.86. The van der Waals surface area contributed by atoms with Gasteiger partial charge in [0.15, 0.2) is 0 Å². The molecule has 0 aromatic heterocycles. The van der Waals surface area contributed by atoms with Gasteiger partial charge >= 0.3 is 41.8 Å². The Balaban J connectivity index is 6.88. The normalized spacial score (nSPS) is 12.7. The summed E-state index contributed by atoms with van der Waals surface area (Å²) < 4.78 is 39.8. The molecule has 0 heterocycles. The summed E-state index contributed by atoms with van der Waals surface area (Å²) in [5.41, 5.74) is 0. The second-order valence-electron chi connectivity index (χ2n) is 22.3. The van der Waals surface area contributed by atoms with Gasteiger partial charge in [0, 0.05) is 25.8 Å². The standard InChI is InChI=1S/C64H116N2O15/c1-9-15-20-23-25-27-29-37-47-75-61(71)49-55(80-58(68)41-32-18-12-4)63(73)77-51-53(66(46-36-31-35-45-65(7)8)57(67)43-44-60(70)79-54(39-14-6)40-34-22-17-11-3)52-78-64(74)56(81-59(69)42-33-19-13-5)50-62(72)76-48-38-30-28-26-24-21-16-10-2/h53-56H,9-52H2,1-8H3. The molecule has 17 nitrogen and oxygen atoms in total. The van der Waals surface area contributed by atoms with Crippen LogP contribution >= 0.6 is 0 Å². The summed E-state index contributed by atoms with van der Waals surface area (Å²) >= 11 is 0. The minimum atomic E-state index is -1.68. The highest BCUT2D eigenvalue weighted by atomic mass is 16.6. The van der Waals surface area contributed by atoms with Gasteiger partial charge in [0.1, 0.15) is 19.3 Å². The fourth-order valence-electron chi connectivity index (χ4n) is 9.23. The maximum absolute atomic E-state index is 14.5. The van der Waals surface area contributed by atoms with Gasteiger partial charge in [-0.25, -0.2) is 9.59 Å². The number of carbonyl (C=O) groups excluding carboxylic acids is 8. The second kappa shape index (κ2) is 53.7. The summed E-state index contributed by atoms with van der Waals surface area (Å²) in [5.74, 6) is -6.04. The van der Waals surface area contributed by atoms with Gasteiger partial charge < -0.3 is 43.0 Å². The number of esters is 7. The van der Waals surface area contributed by atoms with E-state index < -0.39 is 92.0 Å². The molecule has 0 aliphatic heterocycles. The van der Waals surface area contributed by atoms with Crippen LogP contribution < -0.4 is 0 Å². The average Bonchev–Trinajstić information content (AvgIpc) is 3.45. The number of hydrogen-bond donors (Lipinski definition) is 0. The number of nitrogens with zero attached hydrogens (tertiary/aromatic N) is 2. The fourth-order valence-corrected chi connectivity index (χ4v) is 9.23. The van der Waals surface area contributed by atoms with Crippen LogP contribution in [0.2, 0.25) is 0 Å². The van der Waals surface area contributed by atoms with Crippen LogP contribution in [0.4, 0.5) is 0 Å². The lowest BCUT2D eigenvalue weighted by molar-refractivity contribution is -0.176. The SMILES string of the molecule is CCCCCCCCCCOC(=O)CC(OC(=O)CCCCC)C(=O)OCC(COC(=O)C(CC(=O)OCCCCCCCCCC)OC(=O)CCCCC)N(CCCCCN(C)C)C(=O)CCC(=O)OC(CCC)CCCCCC. The number of carbonyl (C=O) groups is 8. The third kappa shape index (κ3) is 44.9.